The maximum absolute atomic E-state index is 4.74. The van der Waals surface area contributed by atoms with E-state index in [1.54, 1.807) is 0 Å². The molecule has 0 saturated heterocycles. The highest BCUT2D eigenvalue weighted by Gasteiger charge is 2.10. The highest BCUT2D eigenvalue weighted by Crippen LogP contribution is 2.29. The molecule has 0 aliphatic rings. The Morgan fingerprint density at radius 1 is 0.714 bits per heavy atom. The Morgan fingerprint density at radius 2 is 1.32 bits per heavy atom. The Morgan fingerprint density at radius 3 is 1.93 bits per heavy atom. The van der Waals surface area contributed by atoms with Crippen LogP contribution in [-0.2, 0) is 0 Å². The zero-order valence-corrected chi connectivity index (χ0v) is 16.6. The second-order valence-electron chi connectivity index (χ2n) is 6.47. The van der Waals surface area contributed by atoms with Crippen molar-refractivity contribution in [3.63, 3.8) is 0 Å². The van der Waals surface area contributed by atoms with Gasteiger partial charge >= 0.3 is 0 Å². The fraction of sp³-hybridized carbons (Fsp3) is 0.0909. The molecule has 0 fully saturated rings. The third-order valence-electron chi connectivity index (χ3n) is 4.26. The van der Waals surface area contributed by atoms with Gasteiger partial charge in [-0.2, -0.15) is 4.98 Å². The lowest BCUT2D eigenvalue weighted by molar-refractivity contribution is 1.13. The second kappa shape index (κ2) is 8.59. The maximum Gasteiger partial charge on any atom is 0.229 e. The third-order valence-corrected chi connectivity index (χ3v) is 4.26. The summed E-state index contributed by atoms with van der Waals surface area (Å²) in [6.45, 7) is 0. The summed E-state index contributed by atoms with van der Waals surface area (Å²) >= 11 is 0. The largest absolute Gasteiger partial charge is 0.378 e. The van der Waals surface area contributed by atoms with Crippen molar-refractivity contribution in [1.29, 1.82) is 0 Å². The molecule has 2 N–H and O–H groups in total. The third kappa shape index (κ3) is 4.32. The molecule has 5 nitrogen and oxygen atoms in total. The Kier molecular flexibility index (Phi) is 5.96. The number of hydrogen-bond acceptors (Lipinski definition) is 5. The quantitative estimate of drug-likeness (QED) is 0.463. The van der Waals surface area contributed by atoms with E-state index in [4.69, 9.17) is 9.97 Å². The van der Waals surface area contributed by atoms with Crippen LogP contribution in [0.1, 0.15) is 0 Å². The first-order chi connectivity index (χ1) is 13.2. The van der Waals surface area contributed by atoms with E-state index in [0.29, 0.717) is 5.95 Å². The average molecular weight is 392 g/mol. The van der Waals surface area contributed by atoms with Crippen LogP contribution >= 0.6 is 12.4 Å². The number of halogens is 1. The van der Waals surface area contributed by atoms with Crippen molar-refractivity contribution >= 4 is 52.1 Å². The predicted molar refractivity (Wildman–Crippen MR) is 121 cm³/mol. The van der Waals surface area contributed by atoms with Crippen LogP contribution < -0.4 is 15.5 Å². The minimum Gasteiger partial charge on any atom is -0.378 e. The number of anilines is 5. The van der Waals surface area contributed by atoms with Gasteiger partial charge in [-0.3, -0.25) is 0 Å². The molecule has 0 bridgehead atoms. The monoisotopic (exact) mass is 391 g/mol. The highest BCUT2D eigenvalue weighted by molar-refractivity contribution is 5.94. The van der Waals surface area contributed by atoms with Gasteiger partial charge in [0.05, 0.1) is 5.52 Å². The zero-order valence-electron chi connectivity index (χ0n) is 15.8. The first-order valence-electron chi connectivity index (χ1n) is 8.82. The molecule has 0 saturated carbocycles. The minimum atomic E-state index is 0. The summed E-state index contributed by atoms with van der Waals surface area (Å²) in [5, 5.41) is 7.69. The molecule has 4 rings (SSSR count). The van der Waals surface area contributed by atoms with Gasteiger partial charge in [-0.25, -0.2) is 4.98 Å². The average Bonchev–Trinajstić information content (AvgIpc) is 2.69. The smallest absolute Gasteiger partial charge is 0.229 e. The van der Waals surface area contributed by atoms with Gasteiger partial charge in [0.25, 0.3) is 0 Å². The number of nitrogens with zero attached hydrogens (tertiary/aromatic N) is 3. The van der Waals surface area contributed by atoms with E-state index in [1.165, 1.54) is 0 Å². The van der Waals surface area contributed by atoms with Gasteiger partial charge in [0.1, 0.15) is 5.82 Å². The van der Waals surface area contributed by atoms with E-state index in [9.17, 15) is 0 Å². The number of para-hydroxylation sites is 2. The van der Waals surface area contributed by atoms with Crippen LogP contribution in [0.5, 0.6) is 0 Å². The molecule has 0 radical (unpaired) electrons. The fourth-order valence-electron chi connectivity index (χ4n) is 2.85. The summed E-state index contributed by atoms with van der Waals surface area (Å²) in [5.41, 5.74) is 3.92. The molecular weight excluding hydrogens is 370 g/mol. The van der Waals surface area contributed by atoms with Crippen LogP contribution in [0.15, 0.2) is 78.9 Å². The van der Waals surface area contributed by atoms with Gasteiger partial charge in [0.15, 0.2) is 0 Å². The zero-order chi connectivity index (χ0) is 18.6. The Balaban J connectivity index is 0.00000225. The normalized spacial score (nSPS) is 10.2. The van der Waals surface area contributed by atoms with Crippen molar-refractivity contribution in [2.45, 2.75) is 0 Å². The minimum absolute atomic E-state index is 0. The molecule has 142 valence electrons. The molecule has 0 aliphatic heterocycles. The number of benzene rings is 3. The molecule has 6 heteroatoms. The van der Waals surface area contributed by atoms with Crippen LogP contribution in [0, 0.1) is 0 Å². The molecule has 0 amide bonds. The number of rotatable bonds is 5. The Bertz CT molecular complexity index is 1050. The van der Waals surface area contributed by atoms with Crippen molar-refractivity contribution in [3.05, 3.63) is 78.9 Å². The molecule has 0 aliphatic carbocycles. The van der Waals surface area contributed by atoms with Gasteiger partial charge in [0, 0.05) is 36.5 Å². The molecule has 0 unspecified atom stereocenters. The van der Waals surface area contributed by atoms with Gasteiger partial charge in [-0.1, -0.05) is 36.4 Å². The van der Waals surface area contributed by atoms with Gasteiger partial charge < -0.3 is 15.5 Å². The summed E-state index contributed by atoms with van der Waals surface area (Å²) < 4.78 is 0. The van der Waals surface area contributed by atoms with Crippen LogP contribution in [0.4, 0.5) is 28.8 Å². The van der Waals surface area contributed by atoms with Crippen LogP contribution in [-0.4, -0.2) is 24.1 Å². The first-order valence-corrected chi connectivity index (χ1v) is 8.82. The molecular formula is C22H22ClN5. The lowest BCUT2D eigenvalue weighted by atomic mass is 10.2. The molecule has 1 aromatic heterocycles. The van der Waals surface area contributed by atoms with E-state index >= 15 is 0 Å². The fourth-order valence-corrected chi connectivity index (χ4v) is 2.85. The van der Waals surface area contributed by atoms with Gasteiger partial charge in [0.2, 0.25) is 5.95 Å². The number of aromatic nitrogens is 2. The van der Waals surface area contributed by atoms with E-state index in [0.717, 1.165) is 33.8 Å². The molecule has 4 aromatic rings. The summed E-state index contributed by atoms with van der Waals surface area (Å²) in [4.78, 5) is 11.5. The topological polar surface area (TPSA) is 53.1 Å². The lowest BCUT2D eigenvalue weighted by Gasteiger charge is -2.16. The number of fused-ring (bicyclic) bond motifs is 1. The van der Waals surface area contributed by atoms with Crippen molar-refractivity contribution in [2.75, 3.05) is 29.6 Å². The molecule has 0 spiro atoms. The molecule has 0 atom stereocenters. The summed E-state index contributed by atoms with van der Waals surface area (Å²) in [6, 6.07) is 26.2. The van der Waals surface area contributed by atoms with E-state index in [-0.39, 0.29) is 12.4 Å². The van der Waals surface area contributed by atoms with E-state index in [2.05, 4.69) is 27.7 Å². The van der Waals surface area contributed by atoms with Gasteiger partial charge in [-0.05, 0) is 42.5 Å². The molecule has 28 heavy (non-hydrogen) atoms. The number of hydrogen-bond donors (Lipinski definition) is 2. The van der Waals surface area contributed by atoms with Crippen molar-refractivity contribution < 1.29 is 0 Å². The van der Waals surface area contributed by atoms with E-state index in [1.807, 2.05) is 80.8 Å². The summed E-state index contributed by atoms with van der Waals surface area (Å²) in [5.74, 6) is 1.33. The molecule has 3 aromatic carbocycles. The van der Waals surface area contributed by atoms with Crippen molar-refractivity contribution in [1.82, 2.24) is 9.97 Å². The standard InChI is InChI=1S/C22H21N5.ClH/c1-27(2)18-13-14-20-19(15-18)21(23-16-9-5-3-6-10-16)26-22(25-20)24-17-11-7-4-8-12-17;/h3-15H,1-2H3,(H2,23,24,25,26);1H. The Hall–Kier alpha value is -3.31. The van der Waals surface area contributed by atoms with Crippen LogP contribution in [0.25, 0.3) is 10.9 Å². The predicted octanol–water partition coefficient (Wildman–Crippen LogP) is 5.60. The lowest BCUT2D eigenvalue weighted by Crippen LogP contribution is -2.09. The van der Waals surface area contributed by atoms with E-state index < -0.39 is 0 Å². The first kappa shape index (κ1) is 19.5. The molecule has 1 heterocycles. The van der Waals surface area contributed by atoms with Crippen molar-refractivity contribution in [3.8, 4) is 0 Å². The highest BCUT2D eigenvalue weighted by atomic mass is 35.5. The maximum atomic E-state index is 4.74. The van der Waals surface area contributed by atoms with Crippen LogP contribution in [0.2, 0.25) is 0 Å². The summed E-state index contributed by atoms with van der Waals surface area (Å²) in [7, 11) is 4.05. The second-order valence-corrected chi connectivity index (χ2v) is 6.47. The number of nitrogens with one attached hydrogen (secondary N) is 2. The Labute approximate surface area is 170 Å². The SMILES string of the molecule is CN(C)c1ccc2nc(Nc3ccccc3)nc(Nc3ccccc3)c2c1.Cl. The van der Waals surface area contributed by atoms with Crippen molar-refractivity contribution in [2.24, 2.45) is 0 Å². The summed E-state index contributed by atoms with van der Waals surface area (Å²) in [6.07, 6.45) is 0. The van der Waals surface area contributed by atoms with Gasteiger partial charge in [-0.15, -0.1) is 12.4 Å². The van der Waals surface area contributed by atoms with Crippen LogP contribution in [0.3, 0.4) is 0 Å².